The van der Waals surface area contributed by atoms with Crippen molar-refractivity contribution in [3.8, 4) is 11.3 Å². The number of aromatic amines is 1. The Labute approximate surface area is 256 Å². The number of fused-ring (bicyclic) bond motifs is 1. The molecule has 2 saturated heterocycles. The van der Waals surface area contributed by atoms with Crippen molar-refractivity contribution < 1.29 is 14.3 Å². The molecule has 2 fully saturated rings. The monoisotopic (exact) mass is 594 g/mol. The molecular formula is C33H38N8O3. The van der Waals surface area contributed by atoms with Crippen LogP contribution in [0.1, 0.15) is 11.3 Å². The number of ketones is 1. The lowest BCUT2D eigenvalue weighted by Crippen LogP contribution is -2.59. The van der Waals surface area contributed by atoms with Crippen LogP contribution in [0.2, 0.25) is 0 Å². The smallest absolute Gasteiger partial charge is 0.244 e. The zero-order valence-electron chi connectivity index (χ0n) is 25.2. The maximum absolute atomic E-state index is 13.0. The van der Waals surface area contributed by atoms with Gasteiger partial charge in [-0.2, -0.15) is 0 Å². The van der Waals surface area contributed by atoms with E-state index < -0.39 is 0 Å². The van der Waals surface area contributed by atoms with Gasteiger partial charge in [0.15, 0.2) is 0 Å². The first-order valence-corrected chi connectivity index (χ1v) is 15.0. The fourth-order valence-electron chi connectivity index (χ4n) is 5.56. The summed E-state index contributed by atoms with van der Waals surface area (Å²) in [5.41, 5.74) is 5.51. The van der Waals surface area contributed by atoms with E-state index in [0.29, 0.717) is 19.6 Å². The SMILES string of the molecule is CN(C)C/C=C/C(=O)NC1CN(c2ccnc(CC(=O)Cc3ccc(-c4cc5c(N6CCOCC6)ncnc5[nH]4)cc3)c2)C1. The van der Waals surface area contributed by atoms with E-state index >= 15 is 0 Å². The van der Waals surface area contributed by atoms with Crippen LogP contribution in [0.3, 0.4) is 0 Å². The number of nitrogens with one attached hydrogen (secondary N) is 2. The van der Waals surface area contributed by atoms with Crippen LogP contribution in [0.15, 0.2) is 67.1 Å². The van der Waals surface area contributed by atoms with Crippen LogP contribution in [0.4, 0.5) is 11.5 Å². The summed E-state index contributed by atoms with van der Waals surface area (Å²) < 4.78 is 5.49. The molecule has 3 aromatic heterocycles. The first kappa shape index (κ1) is 29.5. The minimum atomic E-state index is -0.0703. The quantitative estimate of drug-likeness (QED) is 0.253. The number of hydrogen-bond donors (Lipinski definition) is 2. The van der Waals surface area contributed by atoms with Crippen molar-refractivity contribution >= 4 is 34.2 Å². The predicted octanol–water partition coefficient (Wildman–Crippen LogP) is 2.63. The highest BCUT2D eigenvalue weighted by atomic mass is 16.5. The van der Waals surface area contributed by atoms with E-state index in [0.717, 1.165) is 77.8 Å². The fraction of sp³-hybridized carbons (Fsp3) is 0.364. The minimum Gasteiger partial charge on any atom is -0.378 e. The van der Waals surface area contributed by atoms with E-state index in [1.54, 1.807) is 18.6 Å². The van der Waals surface area contributed by atoms with Gasteiger partial charge >= 0.3 is 0 Å². The second kappa shape index (κ2) is 13.4. The number of pyridine rings is 1. The van der Waals surface area contributed by atoms with Gasteiger partial charge < -0.3 is 29.7 Å². The maximum Gasteiger partial charge on any atom is 0.244 e. The van der Waals surface area contributed by atoms with E-state index in [2.05, 4.69) is 41.1 Å². The van der Waals surface area contributed by atoms with Gasteiger partial charge in [0.05, 0.1) is 24.6 Å². The number of benzene rings is 1. The molecule has 2 N–H and O–H groups in total. The van der Waals surface area contributed by atoms with Gasteiger partial charge in [0.25, 0.3) is 0 Å². The number of carbonyl (C=O) groups excluding carboxylic acids is 2. The van der Waals surface area contributed by atoms with Crippen molar-refractivity contribution in [3.63, 3.8) is 0 Å². The molecular weight excluding hydrogens is 556 g/mol. The highest BCUT2D eigenvalue weighted by Gasteiger charge is 2.28. The summed E-state index contributed by atoms with van der Waals surface area (Å²) in [5.74, 6) is 0.959. The van der Waals surface area contributed by atoms with Gasteiger partial charge in [0.1, 0.15) is 23.6 Å². The predicted molar refractivity (Wildman–Crippen MR) is 171 cm³/mol. The van der Waals surface area contributed by atoms with Crippen molar-refractivity contribution in [2.45, 2.75) is 18.9 Å². The first-order chi connectivity index (χ1) is 21.4. The Morgan fingerprint density at radius 3 is 2.59 bits per heavy atom. The number of morpholine rings is 1. The van der Waals surface area contributed by atoms with Crippen LogP contribution in [-0.4, -0.2) is 103 Å². The van der Waals surface area contributed by atoms with Crippen molar-refractivity contribution in [2.24, 2.45) is 0 Å². The number of hydrogen-bond acceptors (Lipinski definition) is 9. The lowest BCUT2D eigenvalue weighted by Gasteiger charge is -2.41. The second-order valence-corrected chi connectivity index (χ2v) is 11.6. The van der Waals surface area contributed by atoms with Gasteiger partial charge in [0.2, 0.25) is 5.91 Å². The van der Waals surface area contributed by atoms with Gasteiger partial charge in [-0.05, 0) is 43.4 Å². The molecule has 0 unspecified atom stereocenters. The van der Waals surface area contributed by atoms with Gasteiger partial charge in [0, 0.05) is 74.9 Å². The van der Waals surface area contributed by atoms with Crippen molar-refractivity contribution in [1.29, 1.82) is 0 Å². The van der Waals surface area contributed by atoms with E-state index in [-0.39, 0.29) is 24.2 Å². The Bertz CT molecular complexity index is 1640. The van der Waals surface area contributed by atoms with E-state index in [1.165, 1.54) is 0 Å². The maximum atomic E-state index is 13.0. The van der Waals surface area contributed by atoms with Crippen LogP contribution < -0.4 is 15.1 Å². The number of amides is 1. The summed E-state index contributed by atoms with van der Waals surface area (Å²) in [7, 11) is 3.93. The molecule has 5 heterocycles. The van der Waals surface area contributed by atoms with Crippen LogP contribution in [0.25, 0.3) is 22.3 Å². The minimum absolute atomic E-state index is 0.0703. The Morgan fingerprint density at radius 2 is 1.82 bits per heavy atom. The largest absolute Gasteiger partial charge is 0.378 e. The Balaban J connectivity index is 1.02. The number of anilines is 2. The number of H-pyrrole nitrogens is 1. The lowest BCUT2D eigenvalue weighted by atomic mass is 10.0. The third-order valence-corrected chi connectivity index (χ3v) is 7.89. The van der Waals surface area contributed by atoms with Crippen molar-refractivity contribution in [2.75, 3.05) is 69.8 Å². The van der Waals surface area contributed by atoms with Gasteiger partial charge in [-0.1, -0.05) is 30.3 Å². The average Bonchev–Trinajstić information content (AvgIpc) is 3.44. The zero-order valence-corrected chi connectivity index (χ0v) is 25.2. The highest BCUT2D eigenvalue weighted by molar-refractivity contribution is 5.92. The van der Waals surface area contributed by atoms with E-state index in [1.807, 2.05) is 61.5 Å². The second-order valence-electron chi connectivity index (χ2n) is 11.6. The Kier molecular flexibility index (Phi) is 8.94. The first-order valence-electron chi connectivity index (χ1n) is 15.0. The molecule has 11 nitrogen and oxygen atoms in total. The van der Waals surface area contributed by atoms with E-state index in [9.17, 15) is 9.59 Å². The summed E-state index contributed by atoms with van der Waals surface area (Å²) in [4.78, 5) is 48.3. The molecule has 0 radical (unpaired) electrons. The van der Waals surface area contributed by atoms with Crippen molar-refractivity contribution in [3.05, 3.63) is 78.4 Å². The molecule has 1 aromatic carbocycles. The molecule has 4 aromatic rings. The lowest BCUT2D eigenvalue weighted by molar-refractivity contribution is -0.118. The average molecular weight is 595 g/mol. The molecule has 0 aliphatic carbocycles. The molecule has 6 rings (SSSR count). The molecule has 11 heteroatoms. The molecule has 2 aliphatic rings. The molecule has 0 saturated carbocycles. The zero-order chi connectivity index (χ0) is 30.5. The molecule has 2 aliphatic heterocycles. The summed E-state index contributed by atoms with van der Waals surface area (Å²) in [6.45, 7) is 5.20. The van der Waals surface area contributed by atoms with Gasteiger partial charge in [-0.15, -0.1) is 0 Å². The Hall–Kier alpha value is -4.61. The molecule has 228 valence electrons. The highest BCUT2D eigenvalue weighted by Crippen LogP contribution is 2.29. The fourth-order valence-corrected chi connectivity index (χ4v) is 5.56. The standard InChI is InChI=1S/C33H38N8O3/c1-39(2)11-3-4-31(43)37-26-20-41(21-26)27-9-10-34-25(17-27)18-28(42)16-23-5-7-24(8-6-23)30-19-29-32(38-30)35-22-36-33(29)40-12-14-44-15-13-40/h3-10,17,19,22,26H,11-16,18,20-21H2,1-2H3,(H,37,43)(H,35,36,38)/b4-3+. The summed E-state index contributed by atoms with van der Waals surface area (Å²) >= 11 is 0. The van der Waals surface area contributed by atoms with Crippen LogP contribution in [0, 0.1) is 0 Å². The molecule has 1 amide bonds. The number of aromatic nitrogens is 4. The molecule has 0 spiro atoms. The third kappa shape index (κ3) is 7.12. The molecule has 0 bridgehead atoms. The van der Waals surface area contributed by atoms with Crippen LogP contribution >= 0.6 is 0 Å². The summed E-state index contributed by atoms with van der Waals surface area (Å²) in [6, 6.07) is 14.2. The third-order valence-electron chi connectivity index (χ3n) is 7.89. The van der Waals surface area contributed by atoms with Gasteiger partial charge in [-0.25, -0.2) is 9.97 Å². The molecule has 0 atom stereocenters. The molecule has 44 heavy (non-hydrogen) atoms. The topological polar surface area (TPSA) is 120 Å². The number of nitrogens with zero attached hydrogens (tertiary/aromatic N) is 6. The van der Waals surface area contributed by atoms with Crippen LogP contribution in [0.5, 0.6) is 0 Å². The summed E-state index contributed by atoms with van der Waals surface area (Å²) in [5, 5.41) is 4.02. The van der Waals surface area contributed by atoms with Crippen LogP contribution in [-0.2, 0) is 27.2 Å². The summed E-state index contributed by atoms with van der Waals surface area (Å²) in [6.07, 6.45) is 7.40. The Morgan fingerprint density at radius 1 is 1.02 bits per heavy atom. The number of rotatable bonds is 11. The number of carbonyl (C=O) groups is 2. The number of ether oxygens (including phenoxy) is 1. The normalized spacial score (nSPS) is 15.7. The van der Waals surface area contributed by atoms with Crippen molar-refractivity contribution in [1.82, 2.24) is 30.2 Å². The van der Waals surface area contributed by atoms with Gasteiger partial charge in [-0.3, -0.25) is 14.6 Å². The number of Topliss-reactive ketones (excluding diaryl/α,β-unsaturated/α-hetero) is 1. The van der Waals surface area contributed by atoms with E-state index in [4.69, 9.17) is 4.74 Å². The number of likely N-dealkylation sites (N-methyl/N-ethyl adjacent to an activating group) is 1.